The summed E-state index contributed by atoms with van der Waals surface area (Å²) in [7, 11) is -8.81. The molecule has 2 N–H and O–H groups in total. The van der Waals surface area contributed by atoms with Gasteiger partial charge < -0.3 is 9.97 Å². The molecule has 11 heteroatoms. The van der Waals surface area contributed by atoms with Gasteiger partial charge in [-0.3, -0.25) is 9.59 Å². The number of carbonyl (C=O) groups excluding carboxylic acids is 2. The number of hydrogen-bond donors (Lipinski definition) is 2. The van der Waals surface area contributed by atoms with E-state index in [0.717, 1.165) is 9.13 Å². The SMILES string of the molecule is CC(=O)/C(=c1/[nH]c(-c2ccccc2I)c2/c(=C(\C(C)=O)S(=O)(=O)c3ccccc3)[nH]c(-c3ccccc3C)c12)S(=O)(=O)c1ccccc1. The fourth-order valence-corrected chi connectivity index (χ4v) is 9.71. The molecule has 0 aliphatic carbocycles. The molecule has 8 nitrogen and oxygen atoms in total. The topological polar surface area (TPSA) is 134 Å². The van der Waals surface area contributed by atoms with Crippen LogP contribution in [0.4, 0.5) is 0 Å². The molecule has 0 fully saturated rings. The monoisotopic (exact) mass is 788 g/mol. The largest absolute Gasteiger partial charge is 0.353 e. The minimum absolute atomic E-state index is 0.0169. The fourth-order valence-electron chi connectivity index (χ4n) is 5.95. The first-order valence-electron chi connectivity index (χ1n) is 14.8. The molecular weight excluding hydrogens is 759 g/mol. The standard InChI is InChI=1S/C37H29IN2O6S2/c1-22-14-10-11-19-27(22)32-30-31(35(39-32)37(24(3)42)48(45,46)26-17-8-5-9-18-26)33(28-20-12-13-21-29(28)38)40-34(30)36(23(2)41)47(43,44)25-15-6-4-7-16-25/h4-21,39-40H,1-3H3/b36-34-,37-35-. The highest BCUT2D eigenvalue weighted by Gasteiger charge is 2.33. The first-order valence-corrected chi connectivity index (χ1v) is 18.9. The highest BCUT2D eigenvalue weighted by atomic mass is 127. The number of hydrogen-bond acceptors (Lipinski definition) is 6. The summed E-state index contributed by atoms with van der Waals surface area (Å²) in [6, 6.07) is 29.9. The molecule has 6 aromatic rings. The number of ketones is 2. The molecule has 0 saturated heterocycles. The molecule has 0 unspecified atom stereocenters. The summed E-state index contributed by atoms with van der Waals surface area (Å²) in [5.74, 6) is -1.44. The zero-order chi connectivity index (χ0) is 34.4. The number of aryl methyl sites for hydroxylation is 1. The van der Waals surface area contributed by atoms with Crippen molar-refractivity contribution in [3.8, 4) is 22.5 Å². The lowest BCUT2D eigenvalue weighted by Gasteiger charge is -2.08. The Balaban J connectivity index is 1.98. The van der Waals surface area contributed by atoms with Crippen molar-refractivity contribution in [3.05, 3.63) is 129 Å². The summed E-state index contributed by atoms with van der Waals surface area (Å²) >= 11 is 2.14. The normalized spacial score (nSPS) is 13.3. The van der Waals surface area contributed by atoms with Crippen LogP contribution in [0.1, 0.15) is 19.4 Å². The van der Waals surface area contributed by atoms with Gasteiger partial charge in [-0.2, -0.15) is 0 Å². The molecule has 0 radical (unpaired) electrons. The highest BCUT2D eigenvalue weighted by Crippen LogP contribution is 2.35. The van der Waals surface area contributed by atoms with Crippen LogP contribution in [-0.4, -0.2) is 38.4 Å². The second kappa shape index (κ2) is 12.8. The number of benzene rings is 4. The van der Waals surface area contributed by atoms with Gasteiger partial charge in [0.15, 0.2) is 11.6 Å². The Kier molecular flexibility index (Phi) is 8.88. The summed E-state index contributed by atoms with van der Waals surface area (Å²) in [4.78, 5) is 32.4. The van der Waals surface area contributed by atoms with E-state index in [9.17, 15) is 26.4 Å². The van der Waals surface area contributed by atoms with E-state index in [4.69, 9.17) is 0 Å². The smallest absolute Gasteiger partial charge is 0.212 e. The van der Waals surface area contributed by atoms with Crippen LogP contribution in [0.3, 0.4) is 0 Å². The van der Waals surface area contributed by atoms with Crippen LogP contribution in [0.2, 0.25) is 0 Å². The second-order valence-electron chi connectivity index (χ2n) is 11.2. The first-order chi connectivity index (χ1) is 22.9. The van der Waals surface area contributed by atoms with E-state index in [2.05, 4.69) is 32.6 Å². The predicted molar refractivity (Wildman–Crippen MR) is 196 cm³/mol. The summed E-state index contributed by atoms with van der Waals surface area (Å²) in [6.07, 6.45) is 0. The third-order valence-corrected chi connectivity index (χ3v) is 12.8. The molecule has 0 bridgehead atoms. The number of fused-ring (bicyclic) bond motifs is 1. The van der Waals surface area contributed by atoms with Crippen molar-refractivity contribution < 1.29 is 26.4 Å². The van der Waals surface area contributed by atoms with Crippen LogP contribution in [-0.2, 0) is 29.3 Å². The molecule has 2 heterocycles. The van der Waals surface area contributed by atoms with Gasteiger partial charge in [0.2, 0.25) is 19.7 Å². The maximum Gasteiger partial charge on any atom is 0.212 e. The van der Waals surface area contributed by atoms with Crippen LogP contribution < -0.4 is 10.7 Å². The first kappa shape index (κ1) is 33.3. The maximum absolute atomic E-state index is 14.3. The van der Waals surface area contributed by atoms with E-state index in [0.29, 0.717) is 22.5 Å². The van der Waals surface area contributed by atoms with Crippen LogP contribution in [0.5, 0.6) is 0 Å². The van der Waals surface area contributed by atoms with Gasteiger partial charge in [-0.15, -0.1) is 0 Å². The fraction of sp³-hybridized carbons (Fsp3) is 0.0811. The molecule has 0 aliphatic heterocycles. The van der Waals surface area contributed by atoms with Gasteiger partial charge >= 0.3 is 0 Å². The lowest BCUT2D eigenvalue weighted by atomic mass is 10.0. The number of nitrogens with one attached hydrogen (secondary N) is 2. The Hall–Kier alpha value is -4.59. The van der Waals surface area contributed by atoms with Gasteiger partial charge in [-0.05, 0) is 79.3 Å². The van der Waals surface area contributed by atoms with Crippen molar-refractivity contribution in [1.29, 1.82) is 0 Å². The second-order valence-corrected chi connectivity index (χ2v) is 16.1. The third kappa shape index (κ3) is 5.65. The minimum atomic E-state index is -4.40. The molecule has 0 amide bonds. The van der Waals surface area contributed by atoms with E-state index >= 15 is 0 Å². The number of halogens is 1. The molecule has 4 aromatic carbocycles. The predicted octanol–water partition coefficient (Wildman–Crippen LogP) is 6.09. The average Bonchev–Trinajstić information content (AvgIpc) is 3.61. The lowest BCUT2D eigenvalue weighted by molar-refractivity contribution is -0.112. The third-order valence-electron chi connectivity index (χ3n) is 8.05. The van der Waals surface area contributed by atoms with Crippen molar-refractivity contribution in [3.63, 3.8) is 0 Å². The Morgan fingerprint density at radius 2 is 0.917 bits per heavy atom. The zero-order valence-electron chi connectivity index (χ0n) is 26.0. The van der Waals surface area contributed by atoms with Gasteiger partial charge in [0.1, 0.15) is 9.81 Å². The summed E-state index contributed by atoms with van der Waals surface area (Å²) < 4.78 is 57.9. The molecular formula is C37H29IN2O6S2. The van der Waals surface area contributed by atoms with Gasteiger partial charge in [-0.1, -0.05) is 78.9 Å². The van der Waals surface area contributed by atoms with E-state index in [1.165, 1.54) is 38.1 Å². The van der Waals surface area contributed by atoms with Crippen molar-refractivity contribution in [2.75, 3.05) is 0 Å². The molecule has 6 rings (SSSR count). The Bertz CT molecular complexity index is 2420. The number of rotatable bonds is 8. The Labute approximate surface area is 291 Å². The van der Waals surface area contributed by atoms with E-state index < -0.39 is 41.1 Å². The quantitative estimate of drug-likeness (QED) is 0.180. The maximum atomic E-state index is 14.3. The number of Topliss-reactive ketones (excluding diaryl/α,β-unsaturated/α-hetero) is 2. The van der Waals surface area contributed by atoms with E-state index in [1.807, 2.05) is 37.3 Å². The van der Waals surface area contributed by atoms with Crippen molar-refractivity contribution >= 4 is 74.4 Å². The average molecular weight is 789 g/mol. The van der Waals surface area contributed by atoms with Crippen LogP contribution in [0.15, 0.2) is 119 Å². The number of sulfone groups is 2. The molecule has 2 aromatic heterocycles. The van der Waals surface area contributed by atoms with Gasteiger partial charge in [0.25, 0.3) is 0 Å². The van der Waals surface area contributed by atoms with Gasteiger partial charge in [-0.25, -0.2) is 16.8 Å². The highest BCUT2D eigenvalue weighted by molar-refractivity contribution is 14.1. The lowest BCUT2D eigenvalue weighted by Crippen LogP contribution is -2.22. The number of H-pyrrole nitrogens is 2. The number of aromatic nitrogens is 2. The summed E-state index contributed by atoms with van der Waals surface area (Å²) in [5, 5.41) is 0.494. The Morgan fingerprint density at radius 3 is 1.33 bits per heavy atom. The molecule has 242 valence electrons. The van der Waals surface area contributed by atoms with E-state index in [1.54, 1.807) is 54.6 Å². The summed E-state index contributed by atoms with van der Waals surface area (Å²) in [6.45, 7) is 4.23. The van der Waals surface area contributed by atoms with Crippen LogP contribution in [0.25, 0.3) is 43.1 Å². The van der Waals surface area contributed by atoms with Crippen molar-refractivity contribution in [2.24, 2.45) is 0 Å². The molecule has 0 aliphatic rings. The van der Waals surface area contributed by atoms with Crippen LogP contribution >= 0.6 is 22.6 Å². The van der Waals surface area contributed by atoms with Gasteiger partial charge in [0.05, 0.1) is 31.9 Å². The minimum Gasteiger partial charge on any atom is -0.353 e. The Morgan fingerprint density at radius 1 is 0.542 bits per heavy atom. The number of aromatic amines is 2. The molecule has 0 spiro atoms. The van der Waals surface area contributed by atoms with Crippen molar-refractivity contribution in [2.45, 2.75) is 30.6 Å². The van der Waals surface area contributed by atoms with Gasteiger partial charge in [0, 0.05) is 25.5 Å². The van der Waals surface area contributed by atoms with E-state index in [-0.39, 0.29) is 31.3 Å². The summed E-state index contributed by atoms with van der Waals surface area (Å²) in [5.41, 5.74) is 2.74. The van der Waals surface area contributed by atoms with Crippen LogP contribution in [0, 0.1) is 10.5 Å². The molecule has 0 atom stereocenters. The van der Waals surface area contributed by atoms with Crippen molar-refractivity contribution in [1.82, 2.24) is 9.97 Å². The zero-order valence-corrected chi connectivity index (χ0v) is 29.8. The molecule has 0 saturated carbocycles. The molecule has 48 heavy (non-hydrogen) atoms. The number of carbonyl (C=O) groups is 2.